The second-order valence-corrected chi connectivity index (χ2v) is 5.14. The van der Waals surface area contributed by atoms with Gasteiger partial charge in [0.1, 0.15) is 0 Å². The molecule has 1 aromatic carbocycles. The van der Waals surface area contributed by atoms with Gasteiger partial charge in [0.25, 0.3) is 0 Å². The molecule has 5 heteroatoms. The molecule has 0 radical (unpaired) electrons. The van der Waals surface area contributed by atoms with Crippen molar-refractivity contribution < 1.29 is 14.3 Å². The van der Waals surface area contributed by atoms with Crippen molar-refractivity contribution in [1.29, 1.82) is 0 Å². The van der Waals surface area contributed by atoms with E-state index in [1.165, 1.54) is 7.11 Å². The Kier molecular flexibility index (Phi) is 4.99. The summed E-state index contributed by atoms with van der Waals surface area (Å²) in [4.78, 5) is 23.5. The van der Waals surface area contributed by atoms with Crippen LogP contribution >= 0.6 is 0 Å². The molecule has 1 aromatic heterocycles. The first-order chi connectivity index (χ1) is 10.5. The van der Waals surface area contributed by atoms with Crippen molar-refractivity contribution in [2.24, 2.45) is 0 Å². The van der Waals surface area contributed by atoms with Gasteiger partial charge in [0.2, 0.25) is 5.91 Å². The number of hydrogen-bond donors (Lipinski definition) is 1. The fraction of sp³-hybridized carbons (Fsp3) is 0.294. The van der Waals surface area contributed by atoms with Crippen LogP contribution in [-0.4, -0.2) is 23.6 Å². The van der Waals surface area contributed by atoms with Gasteiger partial charge < -0.3 is 14.6 Å². The number of carbonyl (C=O) groups is 2. The second kappa shape index (κ2) is 6.93. The Hall–Kier alpha value is -2.56. The summed E-state index contributed by atoms with van der Waals surface area (Å²) in [5, 5.41) is 2.80. The highest BCUT2D eigenvalue weighted by Crippen LogP contribution is 2.13. The molecule has 1 N–H and O–H groups in total. The summed E-state index contributed by atoms with van der Waals surface area (Å²) in [5.74, 6) is -0.510. The highest BCUT2D eigenvalue weighted by atomic mass is 16.5. The van der Waals surface area contributed by atoms with Gasteiger partial charge >= 0.3 is 5.97 Å². The Labute approximate surface area is 129 Å². The third-order valence-corrected chi connectivity index (χ3v) is 3.55. The van der Waals surface area contributed by atoms with Crippen molar-refractivity contribution >= 4 is 17.6 Å². The van der Waals surface area contributed by atoms with Crippen LogP contribution in [0.4, 0.5) is 5.69 Å². The number of methoxy groups -OCH3 is 1. The molecule has 0 aliphatic heterocycles. The normalized spacial score (nSPS) is 10.3. The lowest BCUT2D eigenvalue weighted by molar-refractivity contribution is -0.116. The molecule has 0 saturated carbocycles. The SMILES string of the molecule is COC(=O)c1cccc(NC(=O)CCn2c(C)ccc2C)c1. The molecule has 116 valence electrons. The number of nitrogens with one attached hydrogen (secondary N) is 1. The number of aromatic nitrogens is 1. The molecule has 22 heavy (non-hydrogen) atoms. The van der Waals surface area contributed by atoms with E-state index in [0.29, 0.717) is 24.2 Å². The first-order valence-electron chi connectivity index (χ1n) is 7.12. The van der Waals surface area contributed by atoms with E-state index in [0.717, 1.165) is 11.4 Å². The van der Waals surface area contributed by atoms with Crippen molar-refractivity contribution in [3.63, 3.8) is 0 Å². The summed E-state index contributed by atoms with van der Waals surface area (Å²) < 4.78 is 6.77. The summed E-state index contributed by atoms with van der Waals surface area (Å²) in [6, 6.07) is 10.8. The zero-order valence-electron chi connectivity index (χ0n) is 13.1. The number of ether oxygens (including phenoxy) is 1. The summed E-state index contributed by atoms with van der Waals surface area (Å²) >= 11 is 0. The van der Waals surface area contributed by atoms with Crippen LogP contribution in [0.2, 0.25) is 0 Å². The number of carbonyl (C=O) groups excluding carboxylic acids is 2. The number of nitrogens with zero attached hydrogens (tertiary/aromatic N) is 1. The van der Waals surface area contributed by atoms with Gasteiger partial charge in [0, 0.05) is 30.0 Å². The average Bonchev–Trinajstić information content (AvgIpc) is 2.83. The number of anilines is 1. The molecule has 2 aromatic rings. The number of hydrogen-bond acceptors (Lipinski definition) is 3. The van der Waals surface area contributed by atoms with Gasteiger partial charge in [0.15, 0.2) is 0 Å². The number of amides is 1. The van der Waals surface area contributed by atoms with Gasteiger partial charge in [-0.1, -0.05) is 6.07 Å². The van der Waals surface area contributed by atoms with Gasteiger partial charge in [0.05, 0.1) is 12.7 Å². The molecule has 0 spiro atoms. The molecule has 0 saturated heterocycles. The van der Waals surface area contributed by atoms with Gasteiger partial charge in [-0.2, -0.15) is 0 Å². The average molecular weight is 300 g/mol. The molecule has 2 rings (SSSR count). The van der Waals surface area contributed by atoms with Crippen LogP contribution in [-0.2, 0) is 16.1 Å². The maximum absolute atomic E-state index is 12.0. The number of esters is 1. The topological polar surface area (TPSA) is 60.3 Å². The van der Waals surface area contributed by atoms with Gasteiger partial charge in [-0.3, -0.25) is 4.79 Å². The van der Waals surface area contributed by atoms with Gasteiger partial charge in [-0.15, -0.1) is 0 Å². The largest absolute Gasteiger partial charge is 0.465 e. The van der Waals surface area contributed by atoms with Crippen LogP contribution < -0.4 is 5.32 Å². The third-order valence-electron chi connectivity index (χ3n) is 3.55. The lowest BCUT2D eigenvalue weighted by Gasteiger charge is -2.10. The monoisotopic (exact) mass is 300 g/mol. The van der Waals surface area contributed by atoms with Crippen LogP contribution in [0.5, 0.6) is 0 Å². The van der Waals surface area contributed by atoms with E-state index in [-0.39, 0.29) is 5.91 Å². The minimum absolute atomic E-state index is 0.0884. The van der Waals surface area contributed by atoms with Crippen LogP contribution in [0.25, 0.3) is 0 Å². The lowest BCUT2D eigenvalue weighted by atomic mass is 10.2. The highest BCUT2D eigenvalue weighted by Gasteiger charge is 2.09. The summed E-state index contributed by atoms with van der Waals surface area (Å²) in [6.45, 7) is 4.67. The Morgan fingerprint density at radius 2 is 1.82 bits per heavy atom. The standard InChI is InChI=1S/C17H20N2O3/c1-12-7-8-13(2)19(12)10-9-16(20)18-15-6-4-5-14(11-15)17(21)22-3/h4-8,11H,9-10H2,1-3H3,(H,18,20). The Balaban J connectivity index is 1.96. The fourth-order valence-electron chi connectivity index (χ4n) is 2.33. The molecule has 0 atom stereocenters. The smallest absolute Gasteiger partial charge is 0.337 e. The number of aryl methyl sites for hydroxylation is 2. The molecule has 5 nitrogen and oxygen atoms in total. The molecular formula is C17H20N2O3. The summed E-state index contributed by atoms with van der Waals surface area (Å²) in [5.41, 5.74) is 3.28. The van der Waals surface area contributed by atoms with Crippen LogP contribution in [0.15, 0.2) is 36.4 Å². The van der Waals surface area contributed by atoms with E-state index in [2.05, 4.69) is 14.6 Å². The molecular weight excluding hydrogens is 280 g/mol. The molecule has 0 bridgehead atoms. The molecule has 1 heterocycles. The first kappa shape index (κ1) is 15.8. The molecule has 0 unspecified atom stereocenters. The molecule has 1 amide bonds. The van der Waals surface area contributed by atoms with Crippen LogP contribution in [0.3, 0.4) is 0 Å². The number of rotatable bonds is 5. The van der Waals surface area contributed by atoms with Crippen molar-refractivity contribution in [2.75, 3.05) is 12.4 Å². The van der Waals surface area contributed by atoms with Crippen molar-refractivity contribution in [2.45, 2.75) is 26.8 Å². The first-order valence-corrected chi connectivity index (χ1v) is 7.12. The Bertz CT molecular complexity index is 669. The van der Waals surface area contributed by atoms with Crippen LogP contribution in [0.1, 0.15) is 28.2 Å². The quantitative estimate of drug-likeness (QED) is 0.864. The lowest BCUT2D eigenvalue weighted by Crippen LogP contribution is -2.15. The minimum Gasteiger partial charge on any atom is -0.465 e. The van der Waals surface area contributed by atoms with Crippen molar-refractivity contribution in [3.8, 4) is 0 Å². The van der Waals surface area contributed by atoms with E-state index in [1.54, 1.807) is 24.3 Å². The summed E-state index contributed by atoms with van der Waals surface area (Å²) in [6.07, 6.45) is 0.374. The number of benzene rings is 1. The van der Waals surface area contributed by atoms with E-state index >= 15 is 0 Å². The second-order valence-electron chi connectivity index (χ2n) is 5.14. The predicted molar refractivity (Wildman–Crippen MR) is 84.9 cm³/mol. The minimum atomic E-state index is -0.422. The fourth-order valence-corrected chi connectivity index (χ4v) is 2.33. The van der Waals surface area contributed by atoms with E-state index < -0.39 is 5.97 Å². The summed E-state index contributed by atoms with van der Waals surface area (Å²) in [7, 11) is 1.33. The van der Waals surface area contributed by atoms with E-state index in [1.807, 2.05) is 26.0 Å². The Morgan fingerprint density at radius 1 is 1.14 bits per heavy atom. The van der Waals surface area contributed by atoms with Crippen molar-refractivity contribution in [1.82, 2.24) is 4.57 Å². The van der Waals surface area contributed by atoms with Crippen LogP contribution in [0, 0.1) is 13.8 Å². The zero-order chi connectivity index (χ0) is 16.1. The third kappa shape index (κ3) is 3.75. The maximum Gasteiger partial charge on any atom is 0.337 e. The van der Waals surface area contributed by atoms with Crippen molar-refractivity contribution in [3.05, 3.63) is 53.3 Å². The molecule has 0 aliphatic carbocycles. The van der Waals surface area contributed by atoms with Gasteiger partial charge in [-0.25, -0.2) is 4.79 Å². The highest BCUT2D eigenvalue weighted by molar-refractivity contribution is 5.94. The van der Waals surface area contributed by atoms with E-state index in [4.69, 9.17) is 0 Å². The molecule has 0 fully saturated rings. The zero-order valence-corrected chi connectivity index (χ0v) is 13.1. The Morgan fingerprint density at radius 3 is 2.45 bits per heavy atom. The molecule has 0 aliphatic rings. The van der Waals surface area contributed by atoms with E-state index in [9.17, 15) is 9.59 Å². The predicted octanol–water partition coefficient (Wildman–Crippen LogP) is 2.92. The maximum atomic E-state index is 12.0. The van der Waals surface area contributed by atoms with Gasteiger partial charge in [-0.05, 0) is 44.2 Å².